The third-order valence-corrected chi connectivity index (χ3v) is 12.5. The van der Waals surface area contributed by atoms with Gasteiger partial charge in [0.1, 0.15) is 0 Å². The first-order valence-electron chi connectivity index (χ1n) is 7.68. The molecule has 0 rings (SSSR count). The van der Waals surface area contributed by atoms with E-state index in [1.54, 1.807) is 32.6 Å². The summed E-state index contributed by atoms with van der Waals surface area (Å²) in [6.45, 7) is 6.99. The minimum absolute atomic E-state index is 0.900. The van der Waals surface area contributed by atoms with Crippen molar-refractivity contribution >= 4 is 19.8 Å². The summed E-state index contributed by atoms with van der Waals surface area (Å²) in [5.41, 5.74) is 0. The third kappa shape index (κ3) is 11.3. The molecule has 0 aliphatic carbocycles. The predicted octanol–water partition coefficient (Wildman–Crippen LogP) is 6.05. The number of hydrogen-bond donors (Lipinski definition) is 0. The molecule has 0 N–H and O–H groups in total. The van der Waals surface area contributed by atoms with Crippen LogP contribution in [0.15, 0.2) is 0 Å². The van der Waals surface area contributed by atoms with Gasteiger partial charge in [0.05, 0.1) is 0 Å². The monoisotopic (exact) mass is 333 g/mol. The zero-order valence-electron chi connectivity index (χ0n) is 12.0. The normalized spacial score (nSPS) is 10.7. The van der Waals surface area contributed by atoms with Crippen molar-refractivity contribution in [2.24, 2.45) is 0 Å². The fraction of sp³-hybridized carbons (Fsp3) is 1.00. The van der Waals surface area contributed by atoms with Gasteiger partial charge in [0, 0.05) is 0 Å². The molecule has 0 heterocycles. The third-order valence-electron chi connectivity index (χ3n) is 3.40. The van der Waals surface area contributed by atoms with Crippen LogP contribution in [0.3, 0.4) is 0 Å². The van der Waals surface area contributed by atoms with E-state index < -0.39 is 19.8 Å². The van der Waals surface area contributed by atoms with E-state index in [2.05, 4.69) is 20.8 Å². The molecule has 0 bridgehead atoms. The molecule has 0 radical (unpaired) electrons. The Kier molecular flexibility index (Phi) is 14.6. The summed E-state index contributed by atoms with van der Waals surface area (Å²) >= 11 is -0.900. The fourth-order valence-corrected chi connectivity index (χ4v) is 10.8. The first-order valence-corrected chi connectivity index (χ1v) is 13.7. The molecule has 0 aromatic carbocycles. The maximum atomic E-state index is 2.33. The van der Waals surface area contributed by atoms with Crippen LogP contribution in [0.4, 0.5) is 0 Å². The summed E-state index contributed by atoms with van der Waals surface area (Å²) < 4.78 is 5.09. The van der Waals surface area contributed by atoms with Crippen LogP contribution in [0.1, 0.15) is 78.6 Å². The summed E-state index contributed by atoms with van der Waals surface area (Å²) in [5, 5.41) is 0. The van der Waals surface area contributed by atoms with Crippen LogP contribution >= 0.6 is 0 Å². The molecule has 96 valence electrons. The van der Waals surface area contributed by atoms with Crippen molar-refractivity contribution in [3.63, 3.8) is 0 Å². The van der Waals surface area contributed by atoms with Crippen LogP contribution in [0.5, 0.6) is 0 Å². The summed E-state index contributed by atoms with van der Waals surface area (Å²) in [6, 6.07) is 0. The second kappa shape index (κ2) is 13.9. The van der Waals surface area contributed by atoms with Crippen LogP contribution in [0, 0.1) is 0 Å². The second-order valence-corrected chi connectivity index (χ2v) is 13.7. The van der Waals surface area contributed by atoms with Gasteiger partial charge in [-0.3, -0.25) is 0 Å². The zero-order chi connectivity index (χ0) is 12.1. The van der Waals surface area contributed by atoms with Gasteiger partial charge in [-0.2, -0.15) is 0 Å². The van der Waals surface area contributed by atoms with Crippen LogP contribution in [0.25, 0.3) is 0 Å². The summed E-state index contributed by atoms with van der Waals surface area (Å²) in [5.74, 6) is 0. The Morgan fingerprint density at radius 2 is 0.812 bits per heavy atom. The SMILES string of the molecule is CCCC[CH2][Sn+]([CH2]CCCC)[CH2]CCCC. The second-order valence-electron chi connectivity index (χ2n) is 5.12. The summed E-state index contributed by atoms with van der Waals surface area (Å²) in [7, 11) is 0. The van der Waals surface area contributed by atoms with E-state index in [0.717, 1.165) is 0 Å². The van der Waals surface area contributed by atoms with E-state index in [4.69, 9.17) is 0 Å². The Bertz CT molecular complexity index is 98.8. The average molecular weight is 332 g/mol. The molecular weight excluding hydrogens is 299 g/mol. The molecule has 0 amide bonds. The van der Waals surface area contributed by atoms with Crippen molar-refractivity contribution in [2.45, 2.75) is 91.9 Å². The summed E-state index contributed by atoms with van der Waals surface area (Å²) in [4.78, 5) is 0. The molecule has 0 aliphatic heterocycles. The van der Waals surface area contributed by atoms with Crippen LogP contribution in [-0.4, -0.2) is 19.8 Å². The minimum atomic E-state index is -0.900. The van der Waals surface area contributed by atoms with E-state index >= 15 is 0 Å². The van der Waals surface area contributed by atoms with Gasteiger partial charge in [-0.15, -0.1) is 0 Å². The number of unbranched alkanes of at least 4 members (excludes halogenated alkanes) is 6. The Hall–Kier alpha value is 0.799. The van der Waals surface area contributed by atoms with Crippen LogP contribution < -0.4 is 0 Å². The van der Waals surface area contributed by atoms with Gasteiger partial charge in [-0.25, -0.2) is 0 Å². The molecule has 0 nitrogen and oxygen atoms in total. The van der Waals surface area contributed by atoms with Crippen molar-refractivity contribution < 1.29 is 0 Å². The van der Waals surface area contributed by atoms with E-state index in [1.807, 2.05) is 0 Å². The predicted molar refractivity (Wildman–Crippen MR) is 78.8 cm³/mol. The number of rotatable bonds is 12. The standard InChI is InChI=1S/3C5H11.Sn/c3*1-3-5-4-2;/h3*1,3-5H2,2H3;/q;;;+1. The zero-order valence-corrected chi connectivity index (χ0v) is 14.8. The quantitative estimate of drug-likeness (QED) is 0.301. The van der Waals surface area contributed by atoms with Gasteiger partial charge in [0.25, 0.3) is 0 Å². The van der Waals surface area contributed by atoms with Gasteiger partial charge in [0.2, 0.25) is 0 Å². The van der Waals surface area contributed by atoms with Gasteiger partial charge >= 0.3 is 112 Å². The Morgan fingerprint density at radius 1 is 0.500 bits per heavy atom. The van der Waals surface area contributed by atoms with Crippen LogP contribution in [0.2, 0.25) is 13.3 Å². The molecule has 0 spiro atoms. The fourth-order valence-electron chi connectivity index (χ4n) is 2.25. The Labute approximate surface area is 111 Å². The molecule has 0 unspecified atom stereocenters. The van der Waals surface area contributed by atoms with E-state index in [1.165, 1.54) is 38.5 Å². The van der Waals surface area contributed by atoms with Crippen LogP contribution in [-0.2, 0) is 0 Å². The molecule has 0 aromatic rings. The van der Waals surface area contributed by atoms with Crippen molar-refractivity contribution in [2.75, 3.05) is 0 Å². The molecular formula is C15H33Sn+. The molecule has 0 saturated carbocycles. The van der Waals surface area contributed by atoms with Crippen molar-refractivity contribution in [1.82, 2.24) is 0 Å². The molecule has 0 fully saturated rings. The molecule has 0 saturated heterocycles. The van der Waals surface area contributed by atoms with E-state index in [9.17, 15) is 0 Å². The average Bonchev–Trinajstić information content (AvgIpc) is 2.29. The molecule has 0 aliphatic rings. The molecule has 0 aromatic heterocycles. The van der Waals surface area contributed by atoms with Gasteiger partial charge in [0.15, 0.2) is 0 Å². The van der Waals surface area contributed by atoms with Crippen molar-refractivity contribution in [1.29, 1.82) is 0 Å². The van der Waals surface area contributed by atoms with Crippen molar-refractivity contribution in [3.05, 3.63) is 0 Å². The Balaban J connectivity index is 3.58. The summed E-state index contributed by atoms with van der Waals surface area (Å²) in [6.07, 6.45) is 13.4. The first kappa shape index (κ1) is 16.8. The van der Waals surface area contributed by atoms with E-state index in [-0.39, 0.29) is 0 Å². The topological polar surface area (TPSA) is 0 Å². The van der Waals surface area contributed by atoms with Crippen molar-refractivity contribution in [3.8, 4) is 0 Å². The Morgan fingerprint density at radius 3 is 1.06 bits per heavy atom. The molecule has 0 atom stereocenters. The van der Waals surface area contributed by atoms with Gasteiger partial charge in [-0.05, 0) is 0 Å². The maximum absolute atomic E-state index is 2.33. The van der Waals surface area contributed by atoms with Gasteiger partial charge in [-0.1, -0.05) is 0 Å². The van der Waals surface area contributed by atoms with Gasteiger partial charge < -0.3 is 0 Å². The molecule has 1 heteroatoms. The van der Waals surface area contributed by atoms with E-state index in [0.29, 0.717) is 0 Å². The molecule has 16 heavy (non-hydrogen) atoms. The number of hydrogen-bond acceptors (Lipinski definition) is 0. The first-order chi connectivity index (χ1) is 7.85.